The molecule has 2 atom stereocenters. The van der Waals surface area contributed by atoms with Gasteiger partial charge in [-0.1, -0.05) is 0 Å². The van der Waals surface area contributed by atoms with Crippen LogP contribution in [-0.4, -0.2) is 33.0 Å². The van der Waals surface area contributed by atoms with Gasteiger partial charge in [-0.25, -0.2) is 4.79 Å². The standard InChI is InChI=1S/C11H14F3N3O3/c1-6-4-17(9(19)16-8(6)15)7-2-3-10(5-18,20-7)11(12,13)14/h4,7,18H,2-3,5H2,1H3,(H2,15,16,19)/t7-,10+/m1/s1. The number of hydrogen-bond acceptors (Lipinski definition) is 5. The molecule has 0 aromatic carbocycles. The van der Waals surface area contributed by atoms with Crippen molar-refractivity contribution in [3.63, 3.8) is 0 Å². The maximum atomic E-state index is 12.9. The number of rotatable bonds is 2. The van der Waals surface area contributed by atoms with Crippen molar-refractivity contribution in [2.45, 2.75) is 37.8 Å². The van der Waals surface area contributed by atoms with Gasteiger partial charge in [0, 0.05) is 11.8 Å². The van der Waals surface area contributed by atoms with Crippen LogP contribution in [0.15, 0.2) is 11.0 Å². The van der Waals surface area contributed by atoms with Crippen molar-refractivity contribution in [1.82, 2.24) is 9.55 Å². The van der Waals surface area contributed by atoms with Crippen LogP contribution < -0.4 is 11.4 Å². The van der Waals surface area contributed by atoms with Crippen LogP contribution in [0.1, 0.15) is 24.6 Å². The van der Waals surface area contributed by atoms with Crippen LogP contribution in [0.2, 0.25) is 0 Å². The molecule has 0 spiro atoms. The molecule has 112 valence electrons. The summed E-state index contributed by atoms with van der Waals surface area (Å²) in [7, 11) is 0. The Labute approximate surface area is 112 Å². The lowest BCUT2D eigenvalue weighted by molar-refractivity contribution is -0.288. The molecule has 0 saturated carbocycles. The number of nitrogen functional groups attached to an aromatic ring is 1. The van der Waals surface area contributed by atoms with Gasteiger partial charge in [0.1, 0.15) is 12.0 Å². The van der Waals surface area contributed by atoms with Gasteiger partial charge in [0.2, 0.25) is 0 Å². The molecule has 1 aliphatic rings. The second-order valence-corrected chi connectivity index (χ2v) is 4.76. The van der Waals surface area contributed by atoms with E-state index in [4.69, 9.17) is 15.6 Å². The van der Waals surface area contributed by atoms with E-state index in [0.717, 1.165) is 4.57 Å². The summed E-state index contributed by atoms with van der Waals surface area (Å²) in [5, 5.41) is 9.02. The molecule has 3 N–H and O–H groups in total. The molecule has 1 aliphatic heterocycles. The highest BCUT2D eigenvalue weighted by Gasteiger charge is 2.60. The summed E-state index contributed by atoms with van der Waals surface area (Å²) in [6.45, 7) is 0.388. The highest BCUT2D eigenvalue weighted by Crippen LogP contribution is 2.46. The van der Waals surface area contributed by atoms with E-state index in [0.29, 0.717) is 5.56 Å². The summed E-state index contributed by atoms with van der Waals surface area (Å²) in [5.74, 6) is 0.0217. The minimum Gasteiger partial charge on any atom is -0.393 e. The fourth-order valence-corrected chi connectivity index (χ4v) is 2.13. The Morgan fingerprint density at radius 3 is 2.80 bits per heavy atom. The molecule has 0 radical (unpaired) electrons. The lowest BCUT2D eigenvalue weighted by Gasteiger charge is -2.29. The number of ether oxygens (including phenoxy) is 1. The third kappa shape index (κ3) is 2.27. The van der Waals surface area contributed by atoms with Gasteiger partial charge in [0.25, 0.3) is 0 Å². The maximum absolute atomic E-state index is 12.9. The summed E-state index contributed by atoms with van der Waals surface area (Å²) in [6.07, 6.45) is -5.00. The number of nitrogens with zero attached hydrogens (tertiary/aromatic N) is 2. The lowest BCUT2D eigenvalue weighted by Crippen LogP contribution is -2.48. The molecule has 1 aromatic rings. The molecule has 0 aliphatic carbocycles. The first-order valence-corrected chi connectivity index (χ1v) is 5.91. The van der Waals surface area contributed by atoms with Gasteiger partial charge < -0.3 is 15.6 Å². The Balaban J connectivity index is 2.35. The van der Waals surface area contributed by atoms with E-state index >= 15 is 0 Å². The number of aliphatic hydroxyl groups excluding tert-OH is 1. The number of nitrogens with two attached hydrogens (primary N) is 1. The highest BCUT2D eigenvalue weighted by molar-refractivity contribution is 5.35. The van der Waals surface area contributed by atoms with Gasteiger partial charge in [-0.2, -0.15) is 18.2 Å². The van der Waals surface area contributed by atoms with E-state index in [-0.39, 0.29) is 12.2 Å². The van der Waals surface area contributed by atoms with E-state index in [1.54, 1.807) is 6.92 Å². The van der Waals surface area contributed by atoms with Crippen LogP contribution in [0.25, 0.3) is 0 Å². The van der Waals surface area contributed by atoms with Gasteiger partial charge in [-0.05, 0) is 19.8 Å². The molecule has 0 amide bonds. The zero-order chi connectivity index (χ0) is 15.1. The molecule has 1 saturated heterocycles. The molecule has 1 fully saturated rings. The third-order valence-electron chi connectivity index (χ3n) is 3.41. The Kier molecular flexibility index (Phi) is 3.51. The van der Waals surface area contributed by atoms with E-state index in [1.165, 1.54) is 6.20 Å². The molecule has 0 bridgehead atoms. The molecule has 20 heavy (non-hydrogen) atoms. The van der Waals surface area contributed by atoms with Crippen molar-refractivity contribution >= 4 is 5.82 Å². The van der Waals surface area contributed by atoms with Crippen molar-refractivity contribution in [3.05, 3.63) is 22.2 Å². The van der Waals surface area contributed by atoms with E-state index < -0.39 is 36.7 Å². The van der Waals surface area contributed by atoms with Gasteiger partial charge in [0.15, 0.2) is 5.60 Å². The third-order valence-corrected chi connectivity index (χ3v) is 3.41. The highest BCUT2D eigenvalue weighted by atomic mass is 19.4. The van der Waals surface area contributed by atoms with Crippen LogP contribution in [0.3, 0.4) is 0 Å². The van der Waals surface area contributed by atoms with Crippen LogP contribution in [0, 0.1) is 6.92 Å². The summed E-state index contributed by atoms with van der Waals surface area (Å²) >= 11 is 0. The Hall–Kier alpha value is -1.61. The number of alkyl halides is 3. The smallest absolute Gasteiger partial charge is 0.393 e. The minimum atomic E-state index is -4.71. The predicted molar refractivity (Wildman–Crippen MR) is 62.9 cm³/mol. The largest absolute Gasteiger partial charge is 0.419 e. The molecule has 2 rings (SSSR count). The van der Waals surface area contributed by atoms with Crippen molar-refractivity contribution in [1.29, 1.82) is 0 Å². The molecule has 6 nitrogen and oxygen atoms in total. The zero-order valence-corrected chi connectivity index (χ0v) is 10.6. The molecular formula is C11H14F3N3O3. The predicted octanol–water partition coefficient (Wildman–Crippen LogP) is 0.736. The Morgan fingerprint density at radius 2 is 2.30 bits per heavy atom. The average Bonchev–Trinajstić information content (AvgIpc) is 2.78. The summed E-state index contributed by atoms with van der Waals surface area (Å²) < 4.78 is 44.7. The first kappa shape index (κ1) is 14.8. The number of anilines is 1. The zero-order valence-electron chi connectivity index (χ0n) is 10.6. The second-order valence-electron chi connectivity index (χ2n) is 4.76. The normalized spacial score (nSPS) is 26.9. The van der Waals surface area contributed by atoms with Crippen LogP contribution in [-0.2, 0) is 4.74 Å². The fraction of sp³-hybridized carbons (Fsp3) is 0.636. The topological polar surface area (TPSA) is 90.4 Å². The molecule has 1 aromatic heterocycles. The molecule has 0 unspecified atom stereocenters. The van der Waals surface area contributed by atoms with Crippen LogP contribution >= 0.6 is 0 Å². The van der Waals surface area contributed by atoms with E-state index in [1.807, 2.05) is 0 Å². The second kappa shape index (κ2) is 4.74. The average molecular weight is 293 g/mol. The number of aryl methyl sites for hydroxylation is 1. The van der Waals surface area contributed by atoms with Crippen molar-refractivity contribution < 1.29 is 23.0 Å². The molecule has 9 heteroatoms. The first-order chi connectivity index (χ1) is 9.20. The summed E-state index contributed by atoms with van der Waals surface area (Å²) in [4.78, 5) is 15.2. The Morgan fingerprint density at radius 1 is 1.65 bits per heavy atom. The van der Waals surface area contributed by atoms with Gasteiger partial charge in [0.05, 0.1) is 6.61 Å². The first-order valence-electron chi connectivity index (χ1n) is 5.91. The Bertz CT molecular complexity index is 572. The monoisotopic (exact) mass is 293 g/mol. The van der Waals surface area contributed by atoms with Crippen LogP contribution in [0.5, 0.6) is 0 Å². The van der Waals surface area contributed by atoms with E-state index in [9.17, 15) is 18.0 Å². The van der Waals surface area contributed by atoms with Gasteiger partial charge in [-0.15, -0.1) is 0 Å². The summed E-state index contributed by atoms with van der Waals surface area (Å²) in [5.41, 5.74) is 2.50. The van der Waals surface area contributed by atoms with Crippen molar-refractivity contribution in [2.75, 3.05) is 12.3 Å². The SMILES string of the molecule is Cc1cn([C@H]2CC[C@](CO)(C(F)(F)F)O2)c(=O)nc1N. The van der Waals surface area contributed by atoms with Crippen molar-refractivity contribution in [2.24, 2.45) is 0 Å². The van der Waals surface area contributed by atoms with E-state index in [2.05, 4.69) is 4.98 Å². The molecular weight excluding hydrogens is 279 g/mol. The van der Waals surface area contributed by atoms with Gasteiger partial charge >= 0.3 is 11.9 Å². The summed E-state index contributed by atoms with van der Waals surface area (Å²) in [6, 6.07) is 0. The van der Waals surface area contributed by atoms with Crippen molar-refractivity contribution in [3.8, 4) is 0 Å². The van der Waals surface area contributed by atoms with Gasteiger partial charge in [-0.3, -0.25) is 4.57 Å². The van der Waals surface area contributed by atoms with Crippen LogP contribution in [0.4, 0.5) is 19.0 Å². The fourth-order valence-electron chi connectivity index (χ4n) is 2.13. The quantitative estimate of drug-likeness (QED) is 0.839. The maximum Gasteiger partial charge on any atom is 0.419 e. The number of aromatic nitrogens is 2. The lowest BCUT2D eigenvalue weighted by atomic mass is 10.0. The number of hydrogen-bond donors (Lipinski definition) is 2. The number of aliphatic hydroxyl groups is 1. The minimum absolute atomic E-state index is 0.0217. The number of halogens is 3. The molecule has 2 heterocycles.